The van der Waals surface area contributed by atoms with E-state index < -0.39 is 12.6 Å². The molecule has 176 valence electrons. The van der Waals surface area contributed by atoms with E-state index in [1.165, 1.54) is 0 Å². The molecule has 0 spiro atoms. The molecule has 1 unspecified atom stereocenters. The molecule has 0 saturated carbocycles. The summed E-state index contributed by atoms with van der Waals surface area (Å²) in [6.07, 6.45) is 0.998. The summed E-state index contributed by atoms with van der Waals surface area (Å²) in [6, 6.07) is 26.4. The van der Waals surface area contributed by atoms with Crippen molar-refractivity contribution in [3.63, 3.8) is 0 Å². The number of carbonyl (C=O) groups excluding carboxylic acids is 2. The molecular weight excluding hydrogens is 467 g/mol. The molecule has 5 rings (SSSR count). The van der Waals surface area contributed by atoms with Gasteiger partial charge in [-0.2, -0.15) is 0 Å². The minimum Gasteiger partial charge on any atom is -0.546 e. The van der Waals surface area contributed by atoms with Crippen LogP contribution in [0.25, 0.3) is 22.6 Å². The Morgan fingerprint density at radius 3 is 2.39 bits per heavy atom. The molecular formula is C28H23N2NaO5. The maximum atomic E-state index is 12.8. The van der Waals surface area contributed by atoms with Gasteiger partial charge in [0.15, 0.2) is 5.76 Å². The predicted octanol–water partition coefficient (Wildman–Crippen LogP) is 1.00. The molecule has 8 heteroatoms. The molecule has 0 aliphatic carbocycles. The van der Waals surface area contributed by atoms with Crippen LogP contribution in [0.3, 0.4) is 0 Å². The molecule has 1 amide bonds. The number of aliphatic carboxylic acids is 1. The second kappa shape index (κ2) is 11.6. The third kappa shape index (κ3) is 5.70. The van der Waals surface area contributed by atoms with Crippen LogP contribution in [-0.4, -0.2) is 28.4 Å². The van der Waals surface area contributed by atoms with Crippen molar-refractivity contribution < 1.29 is 53.4 Å². The summed E-state index contributed by atoms with van der Waals surface area (Å²) in [6.45, 7) is -0.203. The molecule has 1 fully saturated rings. The summed E-state index contributed by atoms with van der Waals surface area (Å²) in [4.78, 5) is 30.2. The normalized spacial score (nSPS) is 14.9. The minimum absolute atomic E-state index is 0. The van der Waals surface area contributed by atoms with E-state index in [2.05, 4.69) is 0 Å². The molecule has 1 aliphatic rings. The molecule has 4 aromatic rings. The topological polar surface area (TPSA) is 95.7 Å². The number of amides is 1. The van der Waals surface area contributed by atoms with Crippen molar-refractivity contribution in [1.82, 2.24) is 9.88 Å². The molecule has 0 bridgehead atoms. The van der Waals surface area contributed by atoms with Gasteiger partial charge >= 0.3 is 29.6 Å². The van der Waals surface area contributed by atoms with Crippen LogP contribution in [0.1, 0.15) is 30.3 Å². The van der Waals surface area contributed by atoms with Gasteiger partial charge in [0.1, 0.15) is 24.1 Å². The van der Waals surface area contributed by atoms with Crippen molar-refractivity contribution in [3.05, 3.63) is 96.4 Å². The Hall–Kier alpha value is -3.39. The fraction of sp³-hybridized carbons (Fsp3) is 0.179. The van der Waals surface area contributed by atoms with E-state index >= 15 is 0 Å². The van der Waals surface area contributed by atoms with Crippen LogP contribution in [-0.2, 0) is 16.1 Å². The maximum Gasteiger partial charge on any atom is 1.00 e. The summed E-state index contributed by atoms with van der Waals surface area (Å²) < 4.78 is 11.6. The summed E-state index contributed by atoms with van der Waals surface area (Å²) in [7, 11) is 0. The average molecular weight is 490 g/mol. The zero-order chi connectivity index (χ0) is 24.2. The van der Waals surface area contributed by atoms with Crippen molar-refractivity contribution in [2.45, 2.75) is 25.4 Å². The zero-order valence-electron chi connectivity index (χ0n) is 19.9. The number of carboxylic acid groups (broad SMARTS) is 1. The maximum absolute atomic E-state index is 12.8. The molecule has 3 aromatic carbocycles. The summed E-state index contributed by atoms with van der Waals surface area (Å²) in [5.74, 6) is 0.291. The first-order chi connectivity index (χ1) is 17.1. The third-order valence-electron chi connectivity index (χ3n) is 5.95. The predicted molar refractivity (Wildman–Crippen MR) is 127 cm³/mol. The average Bonchev–Trinajstić information content (AvgIpc) is 3.48. The number of rotatable bonds is 8. The number of hydrogen-bond acceptors (Lipinski definition) is 6. The van der Waals surface area contributed by atoms with Crippen LogP contribution >= 0.6 is 0 Å². The number of nitrogens with zero attached hydrogens (tertiary/aromatic N) is 2. The molecule has 2 heterocycles. The molecule has 1 atom stereocenters. The van der Waals surface area contributed by atoms with Crippen molar-refractivity contribution in [3.8, 4) is 28.3 Å². The van der Waals surface area contributed by atoms with Crippen molar-refractivity contribution in [2.24, 2.45) is 0 Å². The number of oxazole rings is 1. The number of carbonyl (C=O) groups is 2. The fourth-order valence-corrected chi connectivity index (χ4v) is 4.32. The first-order valence-corrected chi connectivity index (χ1v) is 11.4. The van der Waals surface area contributed by atoms with E-state index in [-0.39, 0.29) is 41.5 Å². The van der Waals surface area contributed by atoms with E-state index in [1.807, 2.05) is 66.7 Å². The van der Waals surface area contributed by atoms with E-state index in [0.29, 0.717) is 36.8 Å². The van der Waals surface area contributed by atoms with Crippen LogP contribution in [0, 0.1) is 0 Å². The smallest absolute Gasteiger partial charge is 0.546 e. The van der Waals surface area contributed by atoms with Gasteiger partial charge in [0.25, 0.3) is 0 Å². The Balaban J connectivity index is 0.00000304. The summed E-state index contributed by atoms with van der Waals surface area (Å²) >= 11 is 0. The van der Waals surface area contributed by atoms with Crippen LogP contribution in [0.15, 0.2) is 89.3 Å². The van der Waals surface area contributed by atoms with Crippen LogP contribution in [0.2, 0.25) is 0 Å². The Labute approximate surface area is 231 Å². The van der Waals surface area contributed by atoms with Gasteiger partial charge in [-0.1, -0.05) is 72.8 Å². The molecule has 0 N–H and O–H groups in total. The van der Waals surface area contributed by atoms with Crippen LogP contribution in [0.5, 0.6) is 5.75 Å². The second-order valence-corrected chi connectivity index (χ2v) is 8.35. The SMILES string of the molecule is O=C([O-])COc1cccc(CN2C(=O)CCC2c2nc(-c3ccccc3)c(-c3ccccc3)o2)c1.[Na+]. The van der Waals surface area contributed by atoms with Gasteiger partial charge in [-0.15, -0.1) is 0 Å². The van der Waals surface area contributed by atoms with Crippen LogP contribution in [0.4, 0.5) is 0 Å². The van der Waals surface area contributed by atoms with Gasteiger partial charge in [0.2, 0.25) is 11.8 Å². The van der Waals surface area contributed by atoms with E-state index in [4.69, 9.17) is 14.1 Å². The summed E-state index contributed by atoms with van der Waals surface area (Å²) in [5, 5.41) is 10.7. The Morgan fingerprint density at radius 2 is 1.69 bits per heavy atom. The molecule has 36 heavy (non-hydrogen) atoms. The van der Waals surface area contributed by atoms with Crippen molar-refractivity contribution in [1.29, 1.82) is 0 Å². The number of benzene rings is 3. The van der Waals surface area contributed by atoms with Gasteiger partial charge in [-0.25, -0.2) is 4.98 Å². The van der Waals surface area contributed by atoms with E-state index in [9.17, 15) is 14.7 Å². The fourth-order valence-electron chi connectivity index (χ4n) is 4.32. The molecule has 7 nitrogen and oxygen atoms in total. The largest absolute Gasteiger partial charge is 1.00 e. The Morgan fingerprint density at radius 1 is 1.00 bits per heavy atom. The van der Waals surface area contributed by atoms with Crippen molar-refractivity contribution >= 4 is 11.9 Å². The van der Waals surface area contributed by atoms with Crippen molar-refractivity contribution in [2.75, 3.05) is 6.61 Å². The van der Waals surface area contributed by atoms with Gasteiger partial charge in [-0.05, 0) is 24.1 Å². The Bertz CT molecular complexity index is 1280. The standard InChI is InChI=1S/C28H24N2O5.Na/c31-24-15-14-23(30(24)17-19-8-7-13-22(16-19)34-18-25(32)33)28-29-26(20-9-3-1-4-10-20)27(35-28)21-11-5-2-6-12-21;/h1-13,16,23H,14-15,17-18H2,(H,32,33);/q;+1/p-1. The quantitative estimate of drug-likeness (QED) is 0.342. The minimum atomic E-state index is -1.29. The first kappa shape index (κ1) is 25.7. The molecule has 1 aromatic heterocycles. The first-order valence-electron chi connectivity index (χ1n) is 11.4. The van der Waals surface area contributed by atoms with E-state index in [1.54, 1.807) is 23.1 Å². The number of hydrogen-bond donors (Lipinski definition) is 0. The van der Waals surface area contributed by atoms with E-state index in [0.717, 1.165) is 22.4 Å². The number of carboxylic acids is 1. The monoisotopic (exact) mass is 490 g/mol. The molecule has 1 aliphatic heterocycles. The summed E-state index contributed by atoms with van der Waals surface area (Å²) in [5.41, 5.74) is 3.41. The third-order valence-corrected chi connectivity index (χ3v) is 5.95. The zero-order valence-corrected chi connectivity index (χ0v) is 21.9. The number of aromatic nitrogens is 1. The number of ether oxygens (including phenoxy) is 1. The van der Waals surface area contributed by atoms with Crippen LogP contribution < -0.4 is 39.4 Å². The van der Waals surface area contributed by atoms with Gasteiger partial charge in [-0.3, -0.25) is 4.79 Å². The van der Waals surface area contributed by atoms with Gasteiger partial charge < -0.3 is 24.0 Å². The molecule has 1 saturated heterocycles. The van der Waals surface area contributed by atoms with Gasteiger partial charge in [0.05, 0.1) is 5.97 Å². The van der Waals surface area contributed by atoms with Gasteiger partial charge in [0, 0.05) is 24.1 Å². The number of likely N-dealkylation sites (tertiary alicyclic amines) is 1. The Kier molecular flexibility index (Phi) is 8.25. The second-order valence-electron chi connectivity index (χ2n) is 8.35. The molecule has 0 radical (unpaired) electrons.